The summed E-state index contributed by atoms with van der Waals surface area (Å²) in [5, 5.41) is 8.43. The van der Waals surface area contributed by atoms with Crippen LogP contribution in [0.5, 0.6) is 0 Å². The van der Waals surface area contributed by atoms with Crippen LogP contribution < -0.4 is 16.0 Å². The maximum absolute atomic E-state index is 12.3. The van der Waals surface area contributed by atoms with Gasteiger partial charge in [-0.25, -0.2) is 0 Å². The first kappa shape index (κ1) is 21.2. The number of nitrogens with one attached hydrogen (secondary N) is 3. The van der Waals surface area contributed by atoms with Gasteiger partial charge in [0.2, 0.25) is 5.91 Å². The van der Waals surface area contributed by atoms with Gasteiger partial charge in [0.05, 0.1) is 11.3 Å². The molecule has 6 heteroatoms. The molecule has 0 aliphatic rings. The van der Waals surface area contributed by atoms with Crippen molar-refractivity contribution in [2.45, 2.75) is 26.7 Å². The lowest BCUT2D eigenvalue weighted by molar-refractivity contribution is -0.116. The van der Waals surface area contributed by atoms with Crippen molar-refractivity contribution in [1.82, 2.24) is 10.6 Å². The smallest absolute Gasteiger partial charge is 0.253 e. The highest BCUT2D eigenvalue weighted by Crippen LogP contribution is 2.15. The molecule has 148 valence electrons. The number of hydrogen-bond donors (Lipinski definition) is 3. The van der Waals surface area contributed by atoms with Crippen LogP contribution in [0.3, 0.4) is 0 Å². The van der Waals surface area contributed by atoms with E-state index in [0.717, 1.165) is 0 Å². The largest absolute Gasteiger partial charge is 0.352 e. The lowest BCUT2D eigenvalue weighted by Gasteiger charge is -2.12. The Bertz CT molecular complexity index is 804. The summed E-state index contributed by atoms with van der Waals surface area (Å²) in [5.41, 5.74) is 1.52. The molecule has 2 aromatic rings. The number of anilines is 1. The molecule has 0 aliphatic heterocycles. The number of para-hydroxylation sites is 1. The van der Waals surface area contributed by atoms with Gasteiger partial charge >= 0.3 is 0 Å². The summed E-state index contributed by atoms with van der Waals surface area (Å²) in [6, 6.07) is 15.9. The summed E-state index contributed by atoms with van der Waals surface area (Å²) >= 11 is 0. The second-order valence-corrected chi connectivity index (χ2v) is 6.92. The minimum atomic E-state index is -0.209. The van der Waals surface area contributed by atoms with Crippen LogP contribution in [0.15, 0.2) is 54.6 Å². The van der Waals surface area contributed by atoms with Crippen LogP contribution >= 0.6 is 0 Å². The van der Waals surface area contributed by atoms with Crippen molar-refractivity contribution in [3.63, 3.8) is 0 Å². The quantitative estimate of drug-likeness (QED) is 0.583. The molecule has 0 radical (unpaired) electrons. The Labute approximate surface area is 165 Å². The van der Waals surface area contributed by atoms with Crippen LogP contribution in [0.25, 0.3) is 0 Å². The molecule has 3 N–H and O–H groups in total. The van der Waals surface area contributed by atoms with Crippen LogP contribution in [0, 0.1) is 5.92 Å². The summed E-state index contributed by atoms with van der Waals surface area (Å²) < 4.78 is 0. The number of rotatable bonds is 9. The van der Waals surface area contributed by atoms with E-state index in [1.165, 1.54) is 0 Å². The van der Waals surface area contributed by atoms with E-state index in [9.17, 15) is 14.4 Å². The summed E-state index contributed by atoms with van der Waals surface area (Å²) in [7, 11) is 0. The molecule has 0 aliphatic carbocycles. The highest BCUT2D eigenvalue weighted by Gasteiger charge is 2.13. The average molecular weight is 381 g/mol. The summed E-state index contributed by atoms with van der Waals surface area (Å²) in [4.78, 5) is 36.5. The average Bonchev–Trinajstić information content (AvgIpc) is 2.70. The normalized spacial score (nSPS) is 10.4. The number of amides is 3. The third-order valence-electron chi connectivity index (χ3n) is 4.02. The number of carbonyl (C=O) groups is 3. The highest BCUT2D eigenvalue weighted by molar-refractivity contribution is 6.03. The zero-order valence-corrected chi connectivity index (χ0v) is 16.3. The first-order valence-electron chi connectivity index (χ1n) is 9.47. The molecule has 0 saturated carbocycles. The Balaban J connectivity index is 1.80. The first-order valence-corrected chi connectivity index (χ1v) is 9.47. The van der Waals surface area contributed by atoms with E-state index in [2.05, 4.69) is 16.0 Å². The van der Waals surface area contributed by atoms with Gasteiger partial charge in [-0.1, -0.05) is 44.2 Å². The Morgan fingerprint density at radius 1 is 0.857 bits per heavy atom. The Kier molecular flexibility index (Phi) is 8.21. The number of carbonyl (C=O) groups excluding carboxylic acids is 3. The van der Waals surface area contributed by atoms with E-state index in [-0.39, 0.29) is 24.1 Å². The van der Waals surface area contributed by atoms with Gasteiger partial charge in [0, 0.05) is 25.1 Å². The Morgan fingerprint density at radius 3 is 2.25 bits per heavy atom. The van der Waals surface area contributed by atoms with E-state index in [4.69, 9.17) is 0 Å². The zero-order chi connectivity index (χ0) is 20.4. The van der Waals surface area contributed by atoms with Crippen molar-refractivity contribution in [1.29, 1.82) is 0 Å². The van der Waals surface area contributed by atoms with E-state index in [1.54, 1.807) is 48.5 Å². The van der Waals surface area contributed by atoms with Crippen molar-refractivity contribution in [2.75, 3.05) is 18.4 Å². The molecule has 0 aromatic heterocycles. The maximum atomic E-state index is 12.3. The molecule has 0 bridgehead atoms. The van der Waals surface area contributed by atoms with Gasteiger partial charge in [0.1, 0.15) is 0 Å². The Morgan fingerprint density at radius 2 is 1.54 bits per heavy atom. The van der Waals surface area contributed by atoms with Crippen LogP contribution in [0.1, 0.15) is 47.4 Å². The van der Waals surface area contributed by atoms with Crippen LogP contribution in [0.4, 0.5) is 5.69 Å². The predicted octanol–water partition coefficient (Wildman–Crippen LogP) is 3.22. The van der Waals surface area contributed by atoms with Gasteiger partial charge in [0.15, 0.2) is 0 Å². The van der Waals surface area contributed by atoms with E-state index in [0.29, 0.717) is 42.2 Å². The van der Waals surface area contributed by atoms with Gasteiger partial charge < -0.3 is 16.0 Å². The molecule has 3 amide bonds. The fourth-order valence-electron chi connectivity index (χ4n) is 2.54. The third-order valence-corrected chi connectivity index (χ3v) is 4.02. The number of hydrogen-bond acceptors (Lipinski definition) is 3. The second-order valence-electron chi connectivity index (χ2n) is 6.92. The molecule has 2 rings (SSSR count). The van der Waals surface area contributed by atoms with Crippen molar-refractivity contribution in [3.05, 3.63) is 65.7 Å². The monoisotopic (exact) mass is 381 g/mol. The molecule has 0 spiro atoms. The number of benzene rings is 2. The van der Waals surface area contributed by atoms with Gasteiger partial charge in [-0.2, -0.15) is 0 Å². The van der Waals surface area contributed by atoms with E-state index >= 15 is 0 Å². The molecule has 6 nitrogen and oxygen atoms in total. The van der Waals surface area contributed by atoms with Crippen LogP contribution in [0.2, 0.25) is 0 Å². The van der Waals surface area contributed by atoms with Crippen molar-refractivity contribution >= 4 is 23.4 Å². The molecule has 0 heterocycles. The molecule has 0 atom stereocenters. The molecular weight excluding hydrogens is 354 g/mol. The highest BCUT2D eigenvalue weighted by atomic mass is 16.2. The van der Waals surface area contributed by atoms with Gasteiger partial charge in [0.25, 0.3) is 11.8 Å². The SMILES string of the molecule is CC(C)CNC(=O)c1ccccc1NC(=O)CCCNC(=O)c1ccccc1. The fourth-order valence-corrected chi connectivity index (χ4v) is 2.54. The molecule has 0 saturated heterocycles. The van der Waals surface area contributed by atoms with Gasteiger partial charge in [-0.05, 0) is 36.6 Å². The third kappa shape index (κ3) is 6.87. The maximum Gasteiger partial charge on any atom is 0.253 e. The van der Waals surface area contributed by atoms with Crippen molar-refractivity contribution in [2.24, 2.45) is 5.92 Å². The Hall–Kier alpha value is -3.15. The summed E-state index contributed by atoms with van der Waals surface area (Å²) in [5.74, 6) is -0.220. The topological polar surface area (TPSA) is 87.3 Å². The van der Waals surface area contributed by atoms with E-state index < -0.39 is 0 Å². The molecular formula is C22H27N3O3. The lowest BCUT2D eigenvalue weighted by atomic mass is 10.1. The summed E-state index contributed by atoms with van der Waals surface area (Å²) in [6.07, 6.45) is 0.753. The second kappa shape index (κ2) is 10.9. The zero-order valence-electron chi connectivity index (χ0n) is 16.3. The molecule has 0 fully saturated rings. The fraction of sp³-hybridized carbons (Fsp3) is 0.318. The van der Waals surface area contributed by atoms with Crippen molar-refractivity contribution in [3.8, 4) is 0 Å². The first-order chi connectivity index (χ1) is 13.5. The standard InChI is InChI=1S/C22H27N3O3/c1-16(2)15-24-22(28)18-11-6-7-12-19(18)25-20(26)13-8-14-23-21(27)17-9-4-3-5-10-17/h3-7,9-12,16H,8,13-15H2,1-2H3,(H,23,27)(H,24,28)(H,25,26). The lowest BCUT2D eigenvalue weighted by Crippen LogP contribution is -2.28. The van der Waals surface area contributed by atoms with Crippen LogP contribution in [-0.2, 0) is 4.79 Å². The van der Waals surface area contributed by atoms with Gasteiger partial charge in [-0.15, -0.1) is 0 Å². The summed E-state index contributed by atoms with van der Waals surface area (Å²) in [6.45, 7) is 5.01. The van der Waals surface area contributed by atoms with E-state index in [1.807, 2.05) is 19.9 Å². The van der Waals surface area contributed by atoms with Gasteiger partial charge in [-0.3, -0.25) is 14.4 Å². The van der Waals surface area contributed by atoms with Crippen LogP contribution in [-0.4, -0.2) is 30.8 Å². The molecule has 0 unspecified atom stereocenters. The minimum absolute atomic E-state index is 0.159. The van der Waals surface area contributed by atoms with Crippen molar-refractivity contribution < 1.29 is 14.4 Å². The minimum Gasteiger partial charge on any atom is -0.352 e. The predicted molar refractivity (Wildman–Crippen MR) is 110 cm³/mol. The molecule has 2 aromatic carbocycles. The molecule has 28 heavy (non-hydrogen) atoms.